The Morgan fingerprint density at radius 2 is 2.15 bits per heavy atom. The fourth-order valence-electron chi connectivity index (χ4n) is 1.04. The molecule has 0 radical (unpaired) electrons. The van der Waals surface area contributed by atoms with Gasteiger partial charge in [0.2, 0.25) is 0 Å². The molecule has 0 aromatic rings. The number of ether oxygens (including phenoxy) is 1. The van der Waals surface area contributed by atoms with Crippen molar-refractivity contribution in [3.8, 4) is 0 Å². The highest BCUT2D eigenvalue weighted by molar-refractivity contribution is 5.62. The minimum absolute atomic E-state index is 0.484. The van der Waals surface area contributed by atoms with Crippen LogP contribution in [0.5, 0.6) is 0 Å². The molecule has 0 aliphatic carbocycles. The van der Waals surface area contributed by atoms with E-state index in [-0.39, 0.29) is 0 Å². The highest BCUT2D eigenvalue weighted by atomic mass is 16.5. The minimum Gasteiger partial charge on any atom is -0.381 e. The first kappa shape index (κ1) is 10.4. The van der Waals surface area contributed by atoms with Crippen LogP contribution >= 0.6 is 0 Å². The summed E-state index contributed by atoms with van der Waals surface area (Å²) in [6.07, 6.45) is 5.93. The summed E-state index contributed by atoms with van der Waals surface area (Å²) in [4.78, 5) is 0. The molecular weight excluding hydrogens is 164 g/mol. The second kappa shape index (κ2) is 5.86. The van der Waals surface area contributed by atoms with Gasteiger partial charge in [0.15, 0.2) is 0 Å². The molecular formula is C10H18N2O. The summed E-state index contributed by atoms with van der Waals surface area (Å²) >= 11 is 0. The van der Waals surface area contributed by atoms with E-state index in [1.807, 2.05) is 12.4 Å². The largest absolute Gasteiger partial charge is 0.381 e. The van der Waals surface area contributed by atoms with Crippen LogP contribution in [0, 0.1) is 11.8 Å². The van der Waals surface area contributed by atoms with Gasteiger partial charge in [-0.1, -0.05) is 13.8 Å². The summed E-state index contributed by atoms with van der Waals surface area (Å²) in [5.41, 5.74) is 0. The Labute approximate surface area is 79.9 Å². The molecule has 0 spiro atoms. The van der Waals surface area contributed by atoms with Gasteiger partial charge in [-0.2, -0.15) is 10.2 Å². The normalized spacial score (nSPS) is 19.0. The van der Waals surface area contributed by atoms with Crippen molar-refractivity contribution in [1.82, 2.24) is 0 Å². The first-order valence-corrected chi connectivity index (χ1v) is 4.91. The molecule has 0 aromatic carbocycles. The summed E-state index contributed by atoms with van der Waals surface area (Å²) in [6, 6.07) is 0. The lowest BCUT2D eigenvalue weighted by Gasteiger charge is -2.24. The van der Waals surface area contributed by atoms with Crippen molar-refractivity contribution < 1.29 is 4.74 Å². The lowest BCUT2D eigenvalue weighted by molar-refractivity contribution is -0.0343. The summed E-state index contributed by atoms with van der Waals surface area (Å²) < 4.78 is 5.07. The fourth-order valence-corrected chi connectivity index (χ4v) is 1.04. The summed E-state index contributed by atoms with van der Waals surface area (Å²) in [5.74, 6) is 1.25. The summed E-state index contributed by atoms with van der Waals surface area (Å²) in [6.45, 7) is 6.04. The van der Waals surface area contributed by atoms with Gasteiger partial charge in [0.1, 0.15) is 0 Å². The molecule has 1 rings (SSSR count). The summed E-state index contributed by atoms with van der Waals surface area (Å²) in [5, 5.41) is 7.87. The van der Waals surface area contributed by atoms with Crippen molar-refractivity contribution in [3.63, 3.8) is 0 Å². The van der Waals surface area contributed by atoms with E-state index in [9.17, 15) is 0 Å². The topological polar surface area (TPSA) is 34.0 Å². The van der Waals surface area contributed by atoms with Crippen molar-refractivity contribution in [2.24, 2.45) is 22.0 Å². The van der Waals surface area contributed by atoms with E-state index in [2.05, 4.69) is 24.1 Å². The molecule has 74 valence electrons. The molecule has 0 N–H and O–H groups in total. The van der Waals surface area contributed by atoms with Gasteiger partial charge in [-0.15, -0.1) is 0 Å². The molecule has 1 aliphatic rings. The lowest BCUT2D eigenvalue weighted by atomic mass is 10.0. The Bertz CT molecular complexity index is 183. The smallest absolute Gasteiger partial charge is 0.0516 e. The van der Waals surface area contributed by atoms with E-state index >= 15 is 0 Å². The molecule has 0 unspecified atom stereocenters. The number of hydrogen-bond donors (Lipinski definition) is 0. The average molecular weight is 182 g/mol. The van der Waals surface area contributed by atoms with E-state index in [0.717, 1.165) is 25.6 Å². The summed E-state index contributed by atoms with van der Waals surface area (Å²) in [7, 11) is 0. The van der Waals surface area contributed by atoms with Crippen LogP contribution < -0.4 is 0 Å². The van der Waals surface area contributed by atoms with E-state index in [0.29, 0.717) is 5.92 Å². The van der Waals surface area contributed by atoms with Crippen molar-refractivity contribution in [3.05, 3.63) is 0 Å². The zero-order valence-electron chi connectivity index (χ0n) is 8.44. The molecule has 0 bridgehead atoms. The van der Waals surface area contributed by atoms with Gasteiger partial charge in [-0.25, -0.2) is 0 Å². The molecule has 1 fully saturated rings. The maximum Gasteiger partial charge on any atom is 0.0516 e. The Hall–Kier alpha value is -0.700. The van der Waals surface area contributed by atoms with Crippen molar-refractivity contribution in [1.29, 1.82) is 0 Å². The minimum atomic E-state index is 0.484. The Balaban J connectivity index is 1.97. The third kappa shape index (κ3) is 4.78. The molecule has 1 saturated heterocycles. The SMILES string of the molecule is CC(C)/C=N/N=C/CCC1COC1. The van der Waals surface area contributed by atoms with Crippen LogP contribution in [-0.4, -0.2) is 25.6 Å². The van der Waals surface area contributed by atoms with Crippen LogP contribution in [0.25, 0.3) is 0 Å². The zero-order valence-corrected chi connectivity index (χ0v) is 8.44. The van der Waals surface area contributed by atoms with Crippen LogP contribution in [-0.2, 0) is 4.74 Å². The van der Waals surface area contributed by atoms with Gasteiger partial charge in [-0.3, -0.25) is 0 Å². The number of rotatable bonds is 5. The van der Waals surface area contributed by atoms with Gasteiger partial charge in [0.05, 0.1) is 13.2 Å². The van der Waals surface area contributed by atoms with Crippen molar-refractivity contribution >= 4 is 12.4 Å². The highest BCUT2D eigenvalue weighted by Crippen LogP contribution is 2.14. The maximum absolute atomic E-state index is 5.07. The monoisotopic (exact) mass is 182 g/mol. The van der Waals surface area contributed by atoms with Gasteiger partial charge < -0.3 is 4.74 Å². The van der Waals surface area contributed by atoms with Gasteiger partial charge in [-0.05, 0) is 18.8 Å². The second-order valence-corrected chi connectivity index (χ2v) is 3.79. The van der Waals surface area contributed by atoms with E-state index < -0.39 is 0 Å². The van der Waals surface area contributed by atoms with Crippen molar-refractivity contribution in [2.45, 2.75) is 26.7 Å². The Morgan fingerprint density at radius 3 is 2.69 bits per heavy atom. The molecule has 0 amide bonds. The van der Waals surface area contributed by atoms with E-state index in [1.165, 1.54) is 6.42 Å². The zero-order chi connectivity index (χ0) is 9.52. The van der Waals surface area contributed by atoms with Crippen molar-refractivity contribution in [2.75, 3.05) is 13.2 Å². The maximum atomic E-state index is 5.07. The molecule has 3 heteroatoms. The molecule has 0 saturated carbocycles. The van der Waals surface area contributed by atoms with E-state index in [1.54, 1.807) is 0 Å². The average Bonchev–Trinajstić information content (AvgIpc) is 1.99. The Morgan fingerprint density at radius 1 is 1.38 bits per heavy atom. The van der Waals surface area contributed by atoms with Crippen LogP contribution in [0.2, 0.25) is 0 Å². The quantitative estimate of drug-likeness (QED) is 0.473. The van der Waals surface area contributed by atoms with Crippen LogP contribution in [0.4, 0.5) is 0 Å². The van der Waals surface area contributed by atoms with Crippen LogP contribution in [0.3, 0.4) is 0 Å². The predicted octanol–water partition coefficient (Wildman–Crippen LogP) is 2.13. The van der Waals surface area contributed by atoms with Crippen LogP contribution in [0.15, 0.2) is 10.2 Å². The third-order valence-electron chi connectivity index (χ3n) is 1.92. The molecule has 13 heavy (non-hydrogen) atoms. The molecule has 0 atom stereocenters. The number of hydrogen-bond acceptors (Lipinski definition) is 3. The molecule has 1 aliphatic heterocycles. The van der Waals surface area contributed by atoms with Crippen LogP contribution in [0.1, 0.15) is 26.7 Å². The highest BCUT2D eigenvalue weighted by Gasteiger charge is 2.16. The lowest BCUT2D eigenvalue weighted by Crippen LogP contribution is -2.27. The van der Waals surface area contributed by atoms with Gasteiger partial charge in [0, 0.05) is 18.3 Å². The number of nitrogens with zero attached hydrogens (tertiary/aromatic N) is 2. The first-order valence-electron chi connectivity index (χ1n) is 4.91. The second-order valence-electron chi connectivity index (χ2n) is 3.79. The fraction of sp³-hybridized carbons (Fsp3) is 0.800. The molecule has 1 heterocycles. The van der Waals surface area contributed by atoms with Gasteiger partial charge >= 0.3 is 0 Å². The predicted molar refractivity (Wildman–Crippen MR) is 55.4 cm³/mol. The third-order valence-corrected chi connectivity index (χ3v) is 1.92. The first-order chi connectivity index (χ1) is 6.29. The van der Waals surface area contributed by atoms with E-state index in [4.69, 9.17) is 4.74 Å². The standard InChI is InChI=1S/C10H18N2O/c1-9(2)6-12-11-5-3-4-10-7-13-8-10/h5-6,9-10H,3-4,7-8H2,1-2H3/b11-5+,12-6+. The Kier molecular flexibility index (Phi) is 4.68. The molecule has 0 aromatic heterocycles. The molecule has 3 nitrogen and oxygen atoms in total. The van der Waals surface area contributed by atoms with Gasteiger partial charge in [0.25, 0.3) is 0 Å².